The van der Waals surface area contributed by atoms with Crippen LogP contribution in [0, 0.1) is 0 Å². The van der Waals surface area contributed by atoms with Crippen molar-refractivity contribution in [1.82, 2.24) is 9.62 Å². The predicted octanol–water partition coefficient (Wildman–Crippen LogP) is 1.58. The zero-order chi connectivity index (χ0) is 12.7. The molecule has 1 N–H and O–H groups in total. The van der Waals surface area contributed by atoms with Crippen LogP contribution in [-0.2, 0) is 10.0 Å². The molecule has 1 saturated heterocycles. The lowest BCUT2D eigenvalue weighted by Crippen LogP contribution is -2.42. The fourth-order valence-electron chi connectivity index (χ4n) is 2.21. The Bertz CT molecular complexity index is 298. The van der Waals surface area contributed by atoms with Gasteiger partial charge >= 0.3 is 0 Å². The van der Waals surface area contributed by atoms with Gasteiger partial charge in [0.05, 0.1) is 5.75 Å². The molecule has 17 heavy (non-hydrogen) atoms. The molecule has 0 bridgehead atoms. The van der Waals surface area contributed by atoms with E-state index >= 15 is 0 Å². The Morgan fingerprint density at radius 3 is 2.59 bits per heavy atom. The number of unbranched alkanes of at least 4 members (excludes halogenated alkanes) is 1. The molecule has 1 fully saturated rings. The summed E-state index contributed by atoms with van der Waals surface area (Å²) in [5.74, 6) is 0.302. The summed E-state index contributed by atoms with van der Waals surface area (Å²) in [4.78, 5) is 0. The van der Waals surface area contributed by atoms with Crippen LogP contribution >= 0.6 is 0 Å². The number of nitrogens with one attached hydrogen (secondary N) is 1. The highest BCUT2D eigenvalue weighted by atomic mass is 32.2. The number of sulfonamides is 1. The second kappa shape index (κ2) is 7.34. The van der Waals surface area contributed by atoms with Gasteiger partial charge in [-0.1, -0.05) is 20.3 Å². The van der Waals surface area contributed by atoms with Crippen LogP contribution in [0.2, 0.25) is 0 Å². The van der Waals surface area contributed by atoms with Crippen LogP contribution in [0.1, 0.15) is 46.0 Å². The van der Waals surface area contributed by atoms with E-state index in [9.17, 15) is 8.42 Å². The van der Waals surface area contributed by atoms with Crippen LogP contribution < -0.4 is 5.32 Å². The molecule has 1 unspecified atom stereocenters. The van der Waals surface area contributed by atoms with Gasteiger partial charge in [-0.25, -0.2) is 12.7 Å². The van der Waals surface area contributed by atoms with Crippen molar-refractivity contribution in [2.45, 2.75) is 52.0 Å². The Morgan fingerprint density at radius 2 is 2.06 bits per heavy atom. The molecule has 1 heterocycles. The first-order chi connectivity index (χ1) is 8.10. The molecule has 1 aliphatic heterocycles. The molecule has 0 aromatic rings. The van der Waals surface area contributed by atoms with E-state index in [1.165, 1.54) is 6.42 Å². The van der Waals surface area contributed by atoms with Crippen LogP contribution in [-0.4, -0.2) is 44.2 Å². The lowest BCUT2D eigenvalue weighted by Gasteiger charge is -2.24. The second-order valence-corrected chi connectivity index (χ2v) is 6.91. The quantitative estimate of drug-likeness (QED) is 0.722. The van der Waals surface area contributed by atoms with Crippen molar-refractivity contribution in [3.8, 4) is 0 Å². The molecule has 1 atom stereocenters. The lowest BCUT2D eigenvalue weighted by molar-refractivity contribution is 0.369. The van der Waals surface area contributed by atoms with Gasteiger partial charge in [-0.15, -0.1) is 0 Å². The summed E-state index contributed by atoms with van der Waals surface area (Å²) in [5.41, 5.74) is 0. The molecular formula is C12H26N2O2S. The number of nitrogens with zero attached hydrogens (tertiary/aromatic N) is 1. The third kappa shape index (κ3) is 4.94. The summed E-state index contributed by atoms with van der Waals surface area (Å²) in [6, 6.07) is 0.359. The Balaban J connectivity index is 2.56. The fourth-order valence-corrected chi connectivity index (χ4v) is 3.99. The standard InChI is InChI=1S/C12H26N2O2S/c1-3-5-10-17(15,16)14(9-4-2)11-12-7-6-8-13-12/h12-13H,3-11H2,1-2H3. The minimum atomic E-state index is -3.04. The molecular weight excluding hydrogens is 236 g/mol. The fraction of sp³-hybridized carbons (Fsp3) is 1.00. The van der Waals surface area contributed by atoms with Crippen molar-refractivity contribution < 1.29 is 8.42 Å². The number of hydrogen-bond acceptors (Lipinski definition) is 3. The van der Waals surface area contributed by atoms with Gasteiger partial charge in [-0.2, -0.15) is 0 Å². The van der Waals surface area contributed by atoms with E-state index in [-0.39, 0.29) is 0 Å². The van der Waals surface area contributed by atoms with Crippen molar-refractivity contribution >= 4 is 10.0 Å². The van der Waals surface area contributed by atoms with Crippen molar-refractivity contribution in [2.24, 2.45) is 0 Å². The predicted molar refractivity (Wildman–Crippen MR) is 71.6 cm³/mol. The smallest absolute Gasteiger partial charge is 0.214 e. The highest BCUT2D eigenvalue weighted by Gasteiger charge is 2.25. The molecule has 0 amide bonds. The van der Waals surface area contributed by atoms with Gasteiger partial charge < -0.3 is 5.32 Å². The molecule has 5 heteroatoms. The Kier molecular flexibility index (Phi) is 6.44. The SMILES string of the molecule is CCCCS(=O)(=O)N(CCC)CC1CCCN1. The van der Waals surface area contributed by atoms with E-state index in [4.69, 9.17) is 0 Å². The van der Waals surface area contributed by atoms with Crippen LogP contribution in [0.25, 0.3) is 0 Å². The van der Waals surface area contributed by atoms with Crippen molar-refractivity contribution in [1.29, 1.82) is 0 Å². The van der Waals surface area contributed by atoms with Crippen LogP contribution in [0.5, 0.6) is 0 Å². The van der Waals surface area contributed by atoms with Crippen molar-refractivity contribution in [2.75, 3.05) is 25.4 Å². The van der Waals surface area contributed by atoms with Crippen LogP contribution in [0.15, 0.2) is 0 Å². The first-order valence-corrected chi connectivity index (χ1v) is 8.42. The normalized spacial score (nSPS) is 21.2. The molecule has 0 radical (unpaired) electrons. The average Bonchev–Trinajstić information content (AvgIpc) is 2.79. The van der Waals surface area contributed by atoms with Crippen molar-refractivity contribution in [3.05, 3.63) is 0 Å². The summed E-state index contributed by atoms with van der Waals surface area (Å²) >= 11 is 0. The Hall–Kier alpha value is -0.130. The maximum Gasteiger partial charge on any atom is 0.214 e. The molecule has 4 nitrogen and oxygen atoms in total. The molecule has 0 saturated carbocycles. The Labute approximate surface area is 106 Å². The first kappa shape index (κ1) is 14.9. The summed E-state index contributed by atoms with van der Waals surface area (Å²) in [6.45, 7) is 6.40. The molecule has 0 aromatic carbocycles. The second-order valence-electron chi connectivity index (χ2n) is 4.82. The van der Waals surface area contributed by atoms with E-state index in [0.29, 0.717) is 24.9 Å². The monoisotopic (exact) mass is 262 g/mol. The molecule has 102 valence electrons. The van der Waals surface area contributed by atoms with E-state index in [0.717, 1.165) is 32.2 Å². The van der Waals surface area contributed by atoms with Crippen LogP contribution in [0.3, 0.4) is 0 Å². The van der Waals surface area contributed by atoms with Gasteiger partial charge in [0.25, 0.3) is 0 Å². The summed E-state index contributed by atoms with van der Waals surface area (Å²) < 4.78 is 26.0. The minimum Gasteiger partial charge on any atom is -0.313 e. The highest BCUT2D eigenvalue weighted by Crippen LogP contribution is 2.12. The zero-order valence-electron chi connectivity index (χ0n) is 11.1. The average molecular weight is 262 g/mol. The highest BCUT2D eigenvalue weighted by molar-refractivity contribution is 7.89. The maximum absolute atomic E-state index is 12.2. The largest absolute Gasteiger partial charge is 0.313 e. The van der Waals surface area contributed by atoms with Gasteiger partial charge in [0.1, 0.15) is 0 Å². The van der Waals surface area contributed by atoms with Gasteiger partial charge in [-0.3, -0.25) is 0 Å². The Morgan fingerprint density at radius 1 is 1.29 bits per heavy atom. The molecule has 1 aliphatic rings. The number of hydrogen-bond donors (Lipinski definition) is 1. The summed E-state index contributed by atoms with van der Waals surface area (Å²) in [5, 5.41) is 3.37. The summed E-state index contributed by atoms with van der Waals surface area (Å²) in [6.07, 6.45) is 4.85. The minimum absolute atomic E-state index is 0.302. The van der Waals surface area contributed by atoms with Crippen molar-refractivity contribution in [3.63, 3.8) is 0 Å². The molecule has 0 spiro atoms. The van der Waals surface area contributed by atoms with E-state index in [1.54, 1.807) is 4.31 Å². The molecule has 0 aliphatic carbocycles. The van der Waals surface area contributed by atoms with E-state index in [2.05, 4.69) is 5.32 Å². The third-order valence-electron chi connectivity index (χ3n) is 3.21. The van der Waals surface area contributed by atoms with Gasteiger partial charge in [0.15, 0.2) is 0 Å². The van der Waals surface area contributed by atoms with Crippen LogP contribution in [0.4, 0.5) is 0 Å². The zero-order valence-corrected chi connectivity index (χ0v) is 11.9. The first-order valence-electron chi connectivity index (χ1n) is 6.81. The third-order valence-corrected chi connectivity index (χ3v) is 5.13. The maximum atomic E-state index is 12.2. The van der Waals surface area contributed by atoms with Gasteiger partial charge in [0.2, 0.25) is 10.0 Å². The van der Waals surface area contributed by atoms with E-state index in [1.807, 2.05) is 13.8 Å². The van der Waals surface area contributed by atoms with Gasteiger partial charge in [0, 0.05) is 19.1 Å². The summed E-state index contributed by atoms with van der Waals surface area (Å²) in [7, 11) is -3.04. The molecule has 0 aromatic heterocycles. The topological polar surface area (TPSA) is 49.4 Å². The number of rotatable bonds is 8. The lowest BCUT2D eigenvalue weighted by atomic mass is 10.2. The van der Waals surface area contributed by atoms with Gasteiger partial charge in [-0.05, 0) is 32.2 Å². The van der Waals surface area contributed by atoms with E-state index < -0.39 is 10.0 Å². The molecule has 1 rings (SSSR count).